The minimum absolute atomic E-state index is 0.0117. The molecule has 2 atom stereocenters. The van der Waals surface area contributed by atoms with Crippen LogP contribution in [0.2, 0.25) is 0 Å². The maximum Gasteiger partial charge on any atom is 0.305 e. The highest BCUT2D eigenvalue weighted by Crippen LogP contribution is 2.17. The van der Waals surface area contributed by atoms with E-state index in [-0.39, 0.29) is 18.5 Å². The van der Waals surface area contributed by atoms with Crippen LogP contribution < -0.4 is 5.32 Å². The monoisotopic (exact) mass is 916 g/mol. The Bertz CT molecular complexity index is 1010. The third-order valence-corrected chi connectivity index (χ3v) is 13.5. The number of nitrogens with one attached hydrogen (secondary N) is 1. The Morgan fingerprint density at radius 1 is 0.415 bits per heavy atom. The minimum atomic E-state index is -0.675. The third-order valence-electron chi connectivity index (χ3n) is 13.5. The van der Waals surface area contributed by atoms with Crippen molar-refractivity contribution in [3.05, 3.63) is 24.3 Å². The van der Waals surface area contributed by atoms with E-state index in [1.165, 1.54) is 218 Å². The highest BCUT2D eigenvalue weighted by atomic mass is 16.5. The van der Waals surface area contributed by atoms with E-state index in [2.05, 4.69) is 43.5 Å². The van der Waals surface area contributed by atoms with Gasteiger partial charge in [0.15, 0.2) is 0 Å². The number of carbonyl (C=O) groups is 2. The van der Waals surface area contributed by atoms with Crippen LogP contribution in [0, 0.1) is 0 Å². The number of carbonyl (C=O) groups excluding carboxylic acids is 2. The molecule has 2 unspecified atom stereocenters. The summed E-state index contributed by atoms with van der Waals surface area (Å²) in [6.07, 6.45) is 65.9. The van der Waals surface area contributed by atoms with E-state index in [1.807, 2.05) is 0 Å². The van der Waals surface area contributed by atoms with Crippen LogP contribution in [0.1, 0.15) is 316 Å². The van der Waals surface area contributed by atoms with Crippen molar-refractivity contribution in [1.82, 2.24) is 5.32 Å². The Balaban J connectivity index is 3.47. The van der Waals surface area contributed by atoms with Crippen molar-refractivity contribution in [2.75, 3.05) is 13.2 Å². The van der Waals surface area contributed by atoms with E-state index in [0.29, 0.717) is 25.9 Å². The molecule has 0 aliphatic carbocycles. The number of allylic oxidation sites excluding steroid dienone is 4. The number of rotatable bonds is 54. The van der Waals surface area contributed by atoms with E-state index in [4.69, 9.17) is 4.74 Å². The summed E-state index contributed by atoms with van der Waals surface area (Å²) in [7, 11) is 0. The normalized spacial score (nSPS) is 12.7. The molecular weight excluding hydrogens is 803 g/mol. The number of aliphatic hydroxyl groups is 2. The van der Waals surface area contributed by atoms with Gasteiger partial charge in [-0.05, 0) is 77.0 Å². The first-order valence-corrected chi connectivity index (χ1v) is 29.1. The fraction of sp³-hybridized carbons (Fsp3) is 0.898. The van der Waals surface area contributed by atoms with Crippen molar-refractivity contribution in [1.29, 1.82) is 0 Å². The average Bonchev–Trinajstić information content (AvgIpc) is 3.31. The smallest absolute Gasteiger partial charge is 0.305 e. The first kappa shape index (κ1) is 63.3. The van der Waals surface area contributed by atoms with Crippen LogP contribution in [0.3, 0.4) is 0 Å². The molecule has 0 spiro atoms. The second-order valence-corrected chi connectivity index (χ2v) is 20.0. The predicted octanol–water partition coefficient (Wildman–Crippen LogP) is 17.9. The van der Waals surface area contributed by atoms with Gasteiger partial charge in [-0.1, -0.05) is 250 Å². The molecule has 0 fully saturated rings. The molecule has 0 aliphatic heterocycles. The van der Waals surface area contributed by atoms with Crippen LogP contribution in [0.25, 0.3) is 0 Å². The molecule has 6 nitrogen and oxygen atoms in total. The van der Waals surface area contributed by atoms with Crippen molar-refractivity contribution in [2.24, 2.45) is 0 Å². The fourth-order valence-corrected chi connectivity index (χ4v) is 8.98. The van der Waals surface area contributed by atoms with Crippen LogP contribution in [0.5, 0.6) is 0 Å². The Kier molecular flexibility index (Phi) is 53.5. The lowest BCUT2D eigenvalue weighted by atomic mass is 10.0. The first-order valence-electron chi connectivity index (χ1n) is 29.1. The Morgan fingerprint density at radius 3 is 1.11 bits per heavy atom. The van der Waals surface area contributed by atoms with Gasteiger partial charge < -0.3 is 20.3 Å². The van der Waals surface area contributed by atoms with Gasteiger partial charge in [-0.3, -0.25) is 9.59 Å². The highest BCUT2D eigenvalue weighted by molar-refractivity contribution is 5.76. The van der Waals surface area contributed by atoms with E-state index >= 15 is 0 Å². The van der Waals surface area contributed by atoms with Gasteiger partial charge in [0, 0.05) is 12.8 Å². The number of hydrogen-bond acceptors (Lipinski definition) is 5. The third kappa shape index (κ3) is 51.6. The molecule has 0 aliphatic rings. The molecule has 0 rings (SSSR count). The molecule has 0 aromatic rings. The summed E-state index contributed by atoms with van der Waals surface area (Å²) in [5.41, 5.74) is 0. The van der Waals surface area contributed by atoms with Gasteiger partial charge >= 0.3 is 5.97 Å². The molecule has 1 amide bonds. The second kappa shape index (κ2) is 54.9. The molecule has 0 bridgehead atoms. The molecule has 0 saturated heterocycles. The minimum Gasteiger partial charge on any atom is -0.466 e. The number of aliphatic hydroxyl groups excluding tert-OH is 2. The van der Waals surface area contributed by atoms with Crippen molar-refractivity contribution in [3.8, 4) is 0 Å². The number of esters is 1. The summed E-state index contributed by atoms with van der Waals surface area (Å²) >= 11 is 0. The maximum atomic E-state index is 12.5. The zero-order valence-corrected chi connectivity index (χ0v) is 43.7. The molecule has 0 radical (unpaired) electrons. The average molecular weight is 917 g/mol. The van der Waals surface area contributed by atoms with Gasteiger partial charge in [0.1, 0.15) is 0 Å². The van der Waals surface area contributed by atoms with Gasteiger partial charge in [-0.2, -0.15) is 0 Å². The summed E-state index contributed by atoms with van der Waals surface area (Å²) in [4.78, 5) is 24.5. The van der Waals surface area contributed by atoms with Crippen LogP contribution in [-0.4, -0.2) is 47.4 Å². The Hall–Kier alpha value is -1.66. The van der Waals surface area contributed by atoms with Crippen LogP contribution in [0.4, 0.5) is 0 Å². The largest absolute Gasteiger partial charge is 0.466 e. The standard InChI is InChI=1S/C59H113NO5/c1-3-5-7-9-11-13-15-17-18-19-20-21-24-28-31-35-39-43-47-51-57(62)56(55-61)60-58(63)52-48-44-40-36-32-29-25-22-23-26-30-34-38-42-46-50-54-65-59(64)53-49-45-41-37-33-27-16-14-12-10-8-6-4-2/h14,16,22,25,56-57,61-62H,3-13,15,17-21,23-24,26-55H2,1-2H3,(H,60,63)/b16-14-,25-22-. The lowest BCUT2D eigenvalue weighted by Crippen LogP contribution is -2.45. The quantitative estimate of drug-likeness (QED) is 0.0321. The maximum absolute atomic E-state index is 12.5. The molecule has 0 aromatic carbocycles. The number of hydrogen-bond donors (Lipinski definition) is 3. The van der Waals surface area contributed by atoms with E-state index in [0.717, 1.165) is 64.2 Å². The molecule has 0 aromatic heterocycles. The molecule has 65 heavy (non-hydrogen) atoms. The molecule has 6 heteroatoms. The SMILES string of the molecule is CCCCCC/C=C\CCCCCCCC(=O)OCCCCCCCCC/C=C\CCCCCCCC(=O)NC(CO)C(O)CCCCCCCCCCCCCCCCCCCCC. The highest BCUT2D eigenvalue weighted by Gasteiger charge is 2.20. The summed E-state index contributed by atoms with van der Waals surface area (Å²) < 4.78 is 5.46. The zero-order chi connectivity index (χ0) is 47.2. The molecular formula is C59H113NO5. The van der Waals surface area contributed by atoms with E-state index in [9.17, 15) is 19.8 Å². The second-order valence-electron chi connectivity index (χ2n) is 20.0. The summed E-state index contributed by atoms with van der Waals surface area (Å²) in [5, 5.41) is 23.3. The van der Waals surface area contributed by atoms with Crippen molar-refractivity contribution in [2.45, 2.75) is 328 Å². The van der Waals surface area contributed by atoms with Gasteiger partial charge in [0.2, 0.25) is 5.91 Å². The summed E-state index contributed by atoms with van der Waals surface area (Å²) in [5.74, 6) is -0.0617. The Labute approximate surface area is 405 Å². The van der Waals surface area contributed by atoms with Gasteiger partial charge in [-0.25, -0.2) is 0 Å². The molecule has 0 saturated carbocycles. The van der Waals surface area contributed by atoms with Crippen molar-refractivity contribution >= 4 is 11.9 Å². The topological polar surface area (TPSA) is 95.9 Å². The summed E-state index contributed by atoms with van der Waals surface area (Å²) in [6.45, 7) is 4.93. The molecule has 3 N–H and O–H groups in total. The summed E-state index contributed by atoms with van der Waals surface area (Å²) in [6, 6.07) is -0.554. The van der Waals surface area contributed by atoms with E-state index in [1.54, 1.807) is 0 Å². The number of unbranched alkanes of at least 4 members (excludes halogenated alkanes) is 39. The van der Waals surface area contributed by atoms with Crippen molar-refractivity contribution < 1.29 is 24.5 Å². The van der Waals surface area contributed by atoms with Gasteiger partial charge in [-0.15, -0.1) is 0 Å². The molecule has 0 heterocycles. The first-order chi connectivity index (χ1) is 32.0. The lowest BCUT2D eigenvalue weighted by Gasteiger charge is -2.22. The lowest BCUT2D eigenvalue weighted by molar-refractivity contribution is -0.143. The number of amides is 1. The predicted molar refractivity (Wildman–Crippen MR) is 283 cm³/mol. The van der Waals surface area contributed by atoms with E-state index < -0.39 is 12.1 Å². The van der Waals surface area contributed by atoms with Crippen molar-refractivity contribution in [3.63, 3.8) is 0 Å². The fourth-order valence-electron chi connectivity index (χ4n) is 8.98. The van der Waals surface area contributed by atoms with Gasteiger partial charge in [0.25, 0.3) is 0 Å². The van der Waals surface area contributed by atoms with Crippen LogP contribution in [-0.2, 0) is 14.3 Å². The molecule has 384 valence electrons. The number of ether oxygens (including phenoxy) is 1. The van der Waals surface area contributed by atoms with Crippen LogP contribution >= 0.6 is 0 Å². The zero-order valence-electron chi connectivity index (χ0n) is 43.7. The van der Waals surface area contributed by atoms with Gasteiger partial charge in [0.05, 0.1) is 25.4 Å². The Morgan fingerprint density at radius 2 is 0.723 bits per heavy atom. The van der Waals surface area contributed by atoms with Crippen LogP contribution in [0.15, 0.2) is 24.3 Å².